The Morgan fingerprint density at radius 2 is 1.66 bits per heavy atom. The van der Waals surface area contributed by atoms with Gasteiger partial charge < -0.3 is 4.74 Å². The maximum absolute atomic E-state index is 13.2. The van der Waals surface area contributed by atoms with E-state index in [1.54, 1.807) is 48.5 Å². The highest BCUT2D eigenvalue weighted by molar-refractivity contribution is 6.48. The predicted octanol–water partition coefficient (Wildman–Crippen LogP) is 3.06. The summed E-state index contributed by atoms with van der Waals surface area (Å²) >= 11 is 5.95. The molecule has 1 fully saturated rings. The summed E-state index contributed by atoms with van der Waals surface area (Å²) in [5, 5.41) is 6.28. The van der Waals surface area contributed by atoms with Crippen LogP contribution in [0.2, 0.25) is 5.02 Å². The molecule has 2 atom stereocenters. The number of ketones is 1. The number of hydrazone groups is 1. The fraction of sp³-hybridized carbons (Fsp3) is 0.238. The number of carbonyl (C=O) groups is 3. The van der Waals surface area contributed by atoms with Crippen LogP contribution in [0, 0.1) is 5.92 Å². The number of nitrogens with zero attached hydrogens (tertiary/aromatic N) is 3. The monoisotopic (exact) mass is 411 g/mol. The fourth-order valence-electron chi connectivity index (χ4n) is 3.62. The first-order valence-corrected chi connectivity index (χ1v) is 9.55. The summed E-state index contributed by atoms with van der Waals surface area (Å²) in [6, 6.07) is 12.5. The van der Waals surface area contributed by atoms with Crippen LogP contribution in [-0.2, 0) is 14.4 Å². The zero-order valence-corrected chi connectivity index (χ0v) is 16.6. The van der Waals surface area contributed by atoms with Crippen molar-refractivity contribution in [3.05, 3.63) is 53.6 Å². The van der Waals surface area contributed by atoms with Gasteiger partial charge in [-0.1, -0.05) is 11.6 Å². The Labute approximate surface area is 172 Å². The average Bonchev–Trinajstić information content (AvgIpc) is 3.21. The van der Waals surface area contributed by atoms with Gasteiger partial charge in [0.15, 0.2) is 5.78 Å². The summed E-state index contributed by atoms with van der Waals surface area (Å²) < 4.78 is 5.41. The average molecular weight is 412 g/mol. The van der Waals surface area contributed by atoms with Gasteiger partial charge in [-0.25, -0.2) is 4.90 Å². The van der Waals surface area contributed by atoms with Gasteiger partial charge in [0.05, 0.1) is 18.0 Å². The molecule has 148 valence electrons. The Morgan fingerprint density at radius 3 is 2.24 bits per heavy atom. The van der Waals surface area contributed by atoms with Crippen LogP contribution >= 0.6 is 11.6 Å². The molecule has 0 radical (unpaired) electrons. The van der Waals surface area contributed by atoms with E-state index in [2.05, 4.69) is 5.10 Å². The van der Waals surface area contributed by atoms with Crippen molar-refractivity contribution in [3.8, 4) is 5.75 Å². The lowest BCUT2D eigenvalue weighted by molar-refractivity contribution is -0.122. The predicted molar refractivity (Wildman–Crippen MR) is 109 cm³/mol. The minimum absolute atomic E-state index is 0.0803. The molecule has 4 rings (SSSR count). The summed E-state index contributed by atoms with van der Waals surface area (Å²) in [7, 11) is 0. The number of hydrogen-bond acceptors (Lipinski definition) is 6. The van der Waals surface area contributed by atoms with Crippen molar-refractivity contribution in [1.29, 1.82) is 0 Å². The van der Waals surface area contributed by atoms with Crippen LogP contribution in [0.25, 0.3) is 0 Å². The molecule has 0 aromatic heterocycles. The first kappa shape index (κ1) is 19.1. The molecule has 8 heteroatoms. The fourth-order valence-corrected chi connectivity index (χ4v) is 3.75. The number of fused-ring (bicyclic) bond motifs is 1. The van der Waals surface area contributed by atoms with E-state index in [1.165, 1.54) is 11.9 Å². The maximum atomic E-state index is 13.2. The van der Waals surface area contributed by atoms with E-state index in [4.69, 9.17) is 16.3 Å². The van der Waals surface area contributed by atoms with Crippen molar-refractivity contribution in [2.75, 3.05) is 16.5 Å². The number of Topliss-reactive ketones (excluding diaryl/α,β-unsaturated/α-hetero) is 1. The Morgan fingerprint density at radius 1 is 1.03 bits per heavy atom. The van der Waals surface area contributed by atoms with E-state index in [-0.39, 0.29) is 11.5 Å². The van der Waals surface area contributed by atoms with Gasteiger partial charge in [-0.05, 0) is 55.5 Å². The molecule has 0 unspecified atom stereocenters. The molecule has 29 heavy (non-hydrogen) atoms. The number of halogens is 1. The van der Waals surface area contributed by atoms with E-state index in [9.17, 15) is 14.4 Å². The second-order valence-corrected chi connectivity index (χ2v) is 7.16. The van der Waals surface area contributed by atoms with Crippen LogP contribution in [0.3, 0.4) is 0 Å². The topological polar surface area (TPSA) is 79.3 Å². The van der Waals surface area contributed by atoms with Crippen LogP contribution in [-0.4, -0.2) is 36.0 Å². The Bertz CT molecular complexity index is 1020. The molecule has 0 spiro atoms. The van der Waals surface area contributed by atoms with Gasteiger partial charge in [0.1, 0.15) is 23.4 Å². The van der Waals surface area contributed by atoms with Crippen LogP contribution in [0.4, 0.5) is 11.4 Å². The largest absolute Gasteiger partial charge is 0.494 e. The van der Waals surface area contributed by atoms with Gasteiger partial charge >= 0.3 is 0 Å². The number of anilines is 2. The van der Waals surface area contributed by atoms with Crippen molar-refractivity contribution in [3.63, 3.8) is 0 Å². The summed E-state index contributed by atoms with van der Waals surface area (Å²) in [4.78, 5) is 39.7. The first-order chi connectivity index (χ1) is 13.9. The Hall–Kier alpha value is -3.19. The van der Waals surface area contributed by atoms with Crippen molar-refractivity contribution >= 4 is 46.3 Å². The number of benzene rings is 2. The third kappa shape index (κ3) is 3.17. The minimum atomic E-state index is -0.942. The number of imide groups is 1. The van der Waals surface area contributed by atoms with E-state index >= 15 is 0 Å². The molecule has 0 saturated carbocycles. The van der Waals surface area contributed by atoms with Crippen molar-refractivity contribution in [2.45, 2.75) is 19.9 Å². The number of carbonyl (C=O) groups excluding carboxylic acids is 3. The van der Waals surface area contributed by atoms with Crippen LogP contribution < -0.4 is 14.6 Å². The Balaban J connectivity index is 1.73. The van der Waals surface area contributed by atoms with Crippen LogP contribution in [0.15, 0.2) is 53.6 Å². The lowest BCUT2D eigenvalue weighted by atomic mass is 9.95. The van der Waals surface area contributed by atoms with E-state index < -0.39 is 23.8 Å². The van der Waals surface area contributed by atoms with Gasteiger partial charge in [0.25, 0.3) is 5.91 Å². The second kappa shape index (κ2) is 7.33. The zero-order chi connectivity index (χ0) is 20.7. The van der Waals surface area contributed by atoms with Crippen molar-refractivity contribution in [2.24, 2.45) is 11.0 Å². The minimum Gasteiger partial charge on any atom is -0.494 e. The number of ether oxygens (including phenoxy) is 1. The smallest absolute Gasteiger partial charge is 0.259 e. The van der Waals surface area contributed by atoms with Crippen molar-refractivity contribution in [1.82, 2.24) is 0 Å². The standard InChI is InChI=1S/C21H18ClN3O4/c1-3-29-16-10-8-14(9-11-16)24-20(27)17-18(12(2)26)23-25(19(17)21(24)28)15-6-4-13(22)5-7-15/h4-11,17,19H,3H2,1-2H3/t17-,19-/m1/s1. The number of amides is 2. The summed E-state index contributed by atoms with van der Waals surface area (Å²) in [5.41, 5.74) is 1.09. The second-order valence-electron chi connectivity index (χ2n) is 6.72. The van der Waals surface area contributed by atoms with Crippen LogP contribution in [0.5, 0.6) is 5.75 Å². The molecule has 0 aliphatic carbocycles. The normalized spacial score (nSPS) is 20.7. The zero-order valence-electron chi connectivity index (χ0n) is 15.8. The molecule has 2 amide bonds. The molecule has 0 N–H and O–H groups in total. The molecular weight excluding hydrogens is 394 g/mol. The molecule has 2 aromatic carbocycles. The lowest BCUT2D eigenvalue weighted by Crippen LogP contribution is -2.39. The first-order valence-electron chi connectivity index (χ1n) is 9.17. The van der Waals surface area contributed by atoms with E-state index in [0.29, 0.717) is 28.8 Å². The van der Waals surface area contributed by atoms with Gasteiger partial charge in [-0.3, -0.25) is 19.4 Å². The Kier molecular flexibility index (Phi) is 4.84. The van der Waals surface area contributed by atoms with Gasteiger partial charge in [0, 0.05) is 11.9 Å². The molecular formula is C21H18ClN3O4. The van der Waals surface area contributed by atoms with Gasteiger partial charge in [-0.2, -0.15) is 5.10 Å². The quantitative estimate of drug-likeness (QED) is 0.706. The molecule has 2 aliphatic rings. The maximum Gasteiger partial charge on any atom is 0.259 e. The molecule has 1 saturated heterocycles. The SMILES string of the molecule is CCOc1ccc(N2C(=O)[C@@H]3C(C(C)=O)=NN(c4ccc(Cl)cc4)[C@H]3C2=O)cc1. The molecule has 2 aromatic rings. The number of rotatable bonds is 5. The highest BCUT2D eigenvalue weighted by Gasteiger charge is 2.58. The van der Waals surface area contributed by atoms with Crippen molar-refractivity contribution < 1.29 is 19.1 Å². The van der Waals surface area contributed by atoms with Gasteiger partial charge in [0.2, 0.25) is 5.91 Å². The molecule has 2 aliphatic heterocycles. The molecule has 0 bridgehead atoms. The summed E-state index contributed by atoms with van der Waals surface area (Å²) in [6.45, 7) is 3.73. The third-order valence-corrected chi connectivity index (χ3v) is 5.16. The number of hydrogen-bond donors (Lipinski definition) is 0. The highest BCUT2D eigenvalue weighted by Crippen LogP contribution is 2.38. The third-order valence-electron chi connectivity index (χ3n) is 4.91. The molecule has 2 heterocycles. The van der Waals surface area contributed by atoms with Crippen LogP contribution in [0.1, 0.15) is 13.8 Å². The summed E-state index contributed by atoms with van der Waals surface area (Å²) in [6.07, 6.45) is 0. The van der Waals surface area contributed by atoms with E-state index in [1.807, 2.05) is 6.92 Å². The summed E-state index contributed by atoms with van der Waals surface area (Å²) in [5.74, 6) is -1.54. The van der Waals surface area contributed by atoms with E-state index in [0.717, 1.165) is 4.90 Å². The molecule has 7 nitrogen and oxygen atoms in total. The van der Waals surface area contributed by atoms with Gasteiger partial charge in [-0.15, -0.1) is 0 Å². The lowest BCUT2D eigenvalue weighted by Gasteiger charge is -2.22. The highest BCUT2D eigenvalue weighted by atomic mass is 35.5.